The Balaban J connectivity index is 1.74. The van der Waals surface area contributed by atoms with Crippen LogP contribution in [-0.4, -0.2) is 36.6 Å². The summed E-state index contributed by atoms with van der Waals surface area (Å²) in [6.45, 7) is 3.29. The van der Waals surface area contributed by atoms with E-state index in [2.05, 4.69) is 15.2 Å². The van der Waals surface area contributed by atoms with Crippen LogP contribution in [-0.2, 0) is 0 Å². The molecule has 0 bridgehead atoms. The molecule has 100 valence electrons. The molecule has 1 aromatic carbocycles. The van der Waals surface area contributed by atoms with Crippen LogP contribution >= 0.6 is 0 Å². The molecule has 0 radical (unpaired) electrons. The van der Waals surface area contributed by atoms with Gasteiger partial charge in [0, 0.05) is 13.1 Å². The molecule has 1 aliphatic heterocycles. The van der Waals surface area contributed by atoms with E-state index < -0.39 is 0 Å². The van der Waals surface area contributed by atoms with E-state index in [0.29, 0.717) is 0 Å². The van der Waals surface area contributed by atoms with Gasteiger partial charge in [-0.1, -0.05) is 12.1 Å². The van der Waals surface area contributed by atoms with Gasteiger partial charge in [-0.25, -0.2) is 4.98 Å². The molecule has 2 aromatic rings. The molecule has 0 unspecified atom stereocenters. The van der Waals surface area contributed by atoms with E-state index in [1.165, 1.54) is 12.8 Å². The van der Waals surface area contributed by atoms with Crippen LogP contribution in [0.25, 0.3) is 11.0 Å². The number of hydrogen-bond donors (Lipinski definition) is 1. The Bertz CT molecular complexity index is 547. The van der Waals surface area contributed by atoms with E-state index in [1.807, 2.05) is 37.5 Å². The van der Waals surface area contributed by atoms with Gasteiger partial charge in [0.2, 0.25) is 0 Å². The number of piperidine rings is 1. The van der Waals surface area contributed by atoms with Gasteiger partial charge in [0.1, 0.15) is 5.82 Å². The number of nitrogens with zero attached hydrogens (tertiary/aromatic N) is 3. The molecule has 1 N–H and O–H groups in total. The summed E-state index contributed by atoms with van der Waals surface area (Å²) in [6.07, 6.45) is 4.37. The maximum absolute atomic E-state index is 4.72. The number of hydrogen-bond acceptors (Lipinski definition) is 4. The quantitative estimate of drug-likeness (QED) is 0.912. The van der Waals surface area contributed by atoms with Crippen molar-refractivity contribution in [1.82, 2.24) is 15.3 Å². The second kappa shape index (κ2) is 5.53. The van der Waals surface area contributed by atoms with Gasteiger partial charge in [0.15, 0.2) is 0 Å². The number of para-hydroxylation sites is 2. The Kier molecular flexibility index (Phi) is 3.60. The van der Waals surface area contributed by atoms with Gasteiger partial charge < -0.3 is 10.2 Å². The molecular formula is C15H20N4. The zero-order valence-electron chi connectivity index (χ0n) is 11.3. The summed E-state index contributed by atoms with van der Waals surface area (Å²) in [6, 6.07) is 8.05. The summed E-state index contributed by atoms with van der Waals surface area (Å²) in [5, 5.41) is 3.27. The molecule has 1 aromatic heterocycles. The Labute approximate surface area is 113 Å². The molecule has 4 heteroatoms. The molecule has 1 aliphatic rings. The highest BCUT2D eigenvalue weighted by Crippen LogP contribution is 2.22. The molecule has 3 rings (SSSR count). The fourth-order valence-corrected chi connectivity index (χ4v) is 2.75. The molecule has 1 fully saturated rings. The lowest BCUT2D eigenvalue weighted by atomic mass is 9.97. The monoisotopic (exact) mass is 256 g/mol. The van der Waals surface area contributed by atoms with Crippen molar-refractivity contribution in [2.45, 2.75) is 12.8 Å². The molecule has 0 saturated carbocycles. The third kappa shape index (κ3) is 2.68. The molecule has 4 nitrogen and oxygen atoms in total. The van der Waals surface area contributed by atoms with Gasteiger partial charge in [-0.2, -0.15) is 0 Å². The highest BCUT2D eigenvalue weighted by atomic mass is 15.2. The standard InChI is InChI=1S/C15H20N4/c1-16-10-12-6-8-19(9-7-12)15-11-17-13-4-2-3-5-14(13)18-15/h2-5,11-12,16H,6-10H2,1H3. The summed E-state index contributed by atoms with van der Waals surface area (Å²) in [5.41, 5.74) is 1.95. The van der Waals surface area contributed by atoms with E-state index in [1.54, 1.807) is 0 Å². The fourth-order valence-electron chi connectivity index (χ4n) is 2.75. The van der Waals surface area contributed by atoms with E-state index in [0.717, 1.165) is 42.4 Å². The summed E-state index contributed by atoms with van der Waals surface area (Å²) < 4.78 is 0. The first-order chi connectivity index (χ1) is 9.36. The first-order valence-electron chi connectivity index (χ1n) is 6.98. The number of aromatic nitrogens is 2. The van der Waals surface area contributed by atoms with Gasteiger partial charge in [-0.3, -0.25) is 4.98 Å². The molecule has 2 heterocycles. The Hall–Kier alpha value is -1.68. The molecule has 0 atom stereocenters. The van der Waals surface area contributed by atoms with Crippen molar-refractivity contribution in [3.05, 3.63) is 30.5 Å². The summed E-state index contributed by atoms with van der Waals surface area (Å²) in [7, 11) is 2.03. The molecule has 0 spiro atoms. The van der Waals surface area contributed by atoms with Crippen LogP contribution in [0.1, 0.15) is 12.8 Å². The SMILES string of the molecule is CNCC1CCN(c2cnc3ccccc3n2)CC1. The second-order valence-electron chi connectivity index (χ2n) is 5.21. The third-order valence-corrected chi connectivity index (χ3v) is 3.87. The number of anilines is 1. The summed E-state index contributed by atoms with van der Waals surface area (Å²) >= 11 is 0. The maximum atomic E-state index is 4.72. The smallest absolute Gasteiger partial charge is 0.147 e. The third-order valence-electron chi connectivity index (χ3n) is 3.87. The summed E-state index contributed by atoms with van der Waals surface area (Å²) in [5.74, 6) is 1.82. The van der Waals surface area contributed by atoms with Gasteiger partial charge in [-0.15, -0.1) is 0 Å². The van der Waals surface area contributed by atoms with Gasteiger partial charge >= 0.3 is 0 Å². The van der Waals surface area contributed by atoms with Crippen molar-refractivity contribution in [3.63, 3.8) is 0 Å². The number of benzene rings is 1. The predicted molar refractivity (Wildman–Crippen MR) is 78.4 cm³/mol. The lowest BCUT2D eigenvalue weighted by Crippen LogP contribution is -2.37. The van der Waals surface area contributed by atoms with E-state index in [9.17, 15) is 0 Å². The Morgan fingerprint density at radius 3 is 2.68 bits per heavy atom. The van der Waals surface area contributed by atoms with Crippen LogP contribution in [0.15, 0.2) is 30.5 Å². The minimum atomic E-state index is 0.801. The van der Waals surface area contributed by atoms with Gasteiger partial charge in [-0.05, 0) is 44.5 Å². The number of nitrogens with one attached hydrogen (secondary N) is 1. The highest BCUT2D eigenvalue weighted by molar-refractivity contribution is 5.75. The van der Waals surface area contributed by atoms with Gasteiger partial charge in [0.05, 0.1) is 17.2 Å². The zero-order chi connectivity index (χ0) is 13.1. The highest BCUT2D eigenvalue weighted by Gasteiger charge is 2.19. The van der Waals surface area contributed by atoms with Crippen LogP contribution in [0, 0.1) is 5.92 Å². The minimum absolute atomic E-state index is 0.801. The van der Waals surface area contributed by atoms with Crippen molar-refractivity contribution in [2.24, 2.45) is 5.92 Å². The molecular weight excluding hydrogens is 236 g/mol. The zero-order valence-corrected chi connectivity index (χ0v) is 11.3. The van der Waals surface area contributed by atoms with Crippen molar-refractivity contribution < 1.29 is 0 Å². The van der Waals surface area contributed by atoms with Crippen LogP contribution < -0.4 is 10.2 Å². The number of fused-ring (bicyclic) bond motifs is 1. The molecule has 0 amide bonds. The number of rotatable bonds is 3. The lowest BCUT2D eigenvalue weighted by Gasteiger charge is -2.32. The second-order valence-corrected chi connectivity index (χ2v) is 5.21. The first-order valence-corrected chi connectivity index (χ1v) is 6.98. The largest absolute Gasteiger partial charge is 0.355 e. The first kappa shape index (κ1) is 12.4. The topological polar surface area (TPSA) is 41.0 Å². The van der Waals surface area contributed by atoms with Crippen LogP contribution in [0.2, 0.25) is 0 Å². The maximum Gasteiger partial charge on any atom is 0.147 e. The lowest BCUT2D eigenvalue weighted by molar-refractivity contribution is 0.392. The van der Waals surface area contributed by atoms with Crippen molar-refractivity contribution in [2.75, 3.05) is 31.6 Å². The average molecular weight is 256 g/mol. The molecule has 0 aliphatic carbocycles. The van der Waals surface area contributed by atoms with Crippen molar-refractivity contribution in [3.8, 4) is 0 Å². The van der Waals surface area contributed by atoms with Gasteiger partial charge in [0.25, 0.3) is 0 Å². The van der Waals surface area contributed by atoms with E-state index in [4.69, 9.17) is 4.98 Å². The predicted octanol–water partition coefficient (Wildman–Crippen LogP) is 2.07. The van der Waals surface area contributed by atoms with Crippen LogP contribution in [0.3, 0.4) is 0 Å². The molecule has 19 heavy (non-hydrogen) atoms. The van der Waals surface area contributed by atoms with E-state index in [-0.39, 0.29) is 0 Å². The fraction of sp³-hybridized carbons (Fsp3) is 0.467. The Morgan fingerprint density at radius 2 is 1.95 bits per heavy atom. The molecule has 1 saturated heterocycles. The Morgan fingerprint density at radius 1 is 1.21 bits per heavy atom. The van der Waals surface area contributed by atoms with Crippen molar-refractivity contribution >= 4 is 16.9 Å². The minimum Gasteiger partial charge on any atom is -0.355 e. The average Bonchev–Trinajstić information content (AvgIpc) is 2.48. The van der Waals surface area contributed by atoms with E-state index >= 15 is 0 Å². The van der Waals surface area contributed by atoms with Crippen LogP contribution in [0.5, 0.6) is 0 Å². The summed E-state index contributed by atoms with van der Waals surface area (Å²) in [4.78, 5) is 11.6. The normalized spacial score (nSPS) is 17.0. The van der Waals surface area contributed by atoms with Crippen LogP contribution in [0.4, 0.5) is 5.82 Å². The van der Waals surface area contributed by atoms with Crippen molar-refractivity contribution in [1.29, 1.82) is 0 Å².